The molecular weight excluding hydrogens is 297 g/mol. The standard InChI is InChI=1S/C16H15F3OS/c1-12-6-2-3-7-13(12)10-21(20)11-14-8-4-5-9-15(14)16(17,18)19/h2-9H,10-11H2,1H3/t21-/m0/s1. The maximum Gasteiger partial charge on any atom is 0.416 e. The molecule has 0 saturated carbocycles. The van der Waals surface area contributed by atoms with Crippen LogP contribution in [0.3, 0.4) is 0 Å². The lowest BCUT2D eigenvalue weighted by atomic mass is 10.1. The minimum Gasteiger partial charge on any atom is -0.259 e. The van der Waals surface area contributed by atoms with Gasteiger partial charge < -0.3 is 0 Å². The van der Waals surface area contributed by atoms with Gasteiger partial charge in [0.05, 0.1) is 5.56 Å². The Morgan fingerprint density at radius 1 is 0.905 bits per heavy atom. The normalized spacial score (nSPS) is 13.1. The summed E-state index contributed by atoms with van der Waals surface area (Å²) < 4.78 is 50.8. The number of rotatable bonds is 4. The number of hydrogen-bond donors (Lipinski definition) is 0. The van der Waals surface area contributed by atoms with Crippen molar-refractivity contribution in [2.24, 2.45) is 0 Å². The van der Waals surface area contributed by atoms with Crippen molar-refractivity contribution in [1.82, 2.24) is 0 Å². The van der Waals surface area contributed by atoms with E-state index >= 15 is 0 Å². The molecule has 2 aromatic rings. The van der Waals surface area contributed by atoms with E-state index in [0.29, 0.717) is 0 Å². The molecule has 21 heavy (non-hydrogen) atoms. The highest BCUT2D eigenvalue weighted by atomic mass is 32.2. The Bertz CT molecular complexity index is 650. The molecule has 112 valence electrons. The Kier molecular flexibility index (Phi) is 4.83. The minimum absolute atomic E-state index is 0.0805. The number of hydrogen-bond acceptors (Lipinski definition) is 1. The van der Waals surface area contributed by atoms with Crippen LogP contribution in [0, 0.1) is 6.92 Å². The zero-order valence-corrected chi connectivity index (χ0v) is 12.3. The van der Waals surface area contributed by atoms with Gasteiger partial charge in [-0.15, -0.1) is 0 Å². The first-order chi connectivity index (χ1) is 9.88. The maximum atomic E-state index is 12.9. The monoisotopic (exact) mass is 312 g/mol. The molecule has 0 saturated heterocycles. The molecule has 0 spiro atoms. The molecule has 2 rings (SSSR count). The Hall–Kier alpha value is -1.62. The first-order valence-electron chi connectivity index (χ1n) is 6.42. The van der Waals surface area contributed by atoms with Crippen LogP contribution in [0.1, 0.15) is 22.3 Å². The molecule has 1 nitrogen and oxygen atoms in total. The van der Waals surface area contributed by atoms with Gasteiger partial charge in [-0.05, 0) is 29.7 Å². The molecule has 0 bridgehead atoms. The van der Waals surface area contributed by atoms with Crippen molar-refractivity contribution in [2.75, 3.05) is 0 Å². The summed E-state index contributed by atoms with van der Waals surface area (Å²) in [6.45, 7) is 1.90. The van der Waals surface area contributed by atoms with E-state index in [0.717, 1.165) is 17.2 Å². The lowest BCUT2D eigenvalue weighted by molar-refractivity contribution is -0.138. The second-order valence-electron chi connectivity index (χ2n) is 4.81. The molecule has 0 radical (unpaired) electrons. The predicted molar refractivity (Wildman–Crippen MR) is 78.2 cm³/mol. The van der Waals surface area contributed by atoms with Crippen LogP contribution in [0.4, 0.5) is 13.2 Å². The molecular formula is C16H15F3OS. The van der Waals surface area contributed by atoms with Gasteiger partial charge >= 0.3 is 6.18 Å². The average molecular weight is 312 g/mol. The van der Waals surface area contributed by atoms with Crippen LogP contribution in [0.5, 0.6) is 0 Å². The van der Waals surface area contributed by atoms with E-state index in [1.807, 2.05) is 31.2 Å². The van der Waals surface area contributed by atoms with Gasteiger partial charge in [0.1, 0.15) is 0 Å². The average Bonchev–Trinajstić information content (AvgIpc) is 2.41. The largest absolute Gasteiger partial charge is 0.416 e. The lowest BCUT2D eigenvalue weighted by Crippen LogP contribution is -2.11. The zero-order chi connectivity index (χ0) is 15.5. The minimum atomic E-state index is -4.41. The zero-order valence-electron chi connectivity index (χ0n) is 11.5. The van der Waals surface area contributed by atoms with E-state index in [1.54, 1.807) is 0 Å². The molecule has 0 aliphatic carbocycles. The second-order valence-corrected chi connectivity index (χ2v) is 6.27. The van der Waals surface area contributed by atoms with E-state index < -0.39 is 22.5 Å². The summed E-state index contributed by atoms with van der Waals surface area (Å²) >= 11 is 0. The molecule has 0 amide bonds. The van der Waals surface area contributed by atoms with Gasteiger partial charge in [-0.1, -0.05) is 42.5 Å². The van der Waals surface area contributed by atoms with Gasteiger partial charge in [0.2, 0.25) is 0 Å². The summed E-state index contributed by atoms with van der Waals surface area (Å²) in [5.74, 6) is 0.170. The molecule has 0 aliphatic heterocycles. The number of halogens is 3. The fourth-order valence-electron chi connectivity index (χ4n) is 2.09. The van der Waals surface area contributed by atoms with E-state index in [4.69, 9.17) is 0 Å². The highest BCUT2D eigenvalue weighted by Crippen LogP contribution is 2.32. The van der Waals surface area contributed by atoms with Crippen LogP contribution in [0.2, 0.25) is 0 Å². The van der Waals surface area contributed by atoms with E-state index in [9.17, 15) is 17.4 Å². The van der Waals surface area contributed by atoms with Crippen LogP contribution < -0.4 is 0 Å². The van der Waals surface area contributed by atoms with Gasteiger partial charge in [-0.2, -0.15) is 13.2 Å². The fourth-order valence-corrected chi connectivity index (χ4v) is 3.46. The van der Waals surface area contributed by atoms with Gasteiger partial charge in [0.15, 0.2) is 0 Å². The molecule has 2 aromatic carbocycles. The van der Waals surface area contributed by atoms with Crippen molar-refractivity contribution in [1.29, 1.82) is 0 Å². The van der Waals surface area contributed by atoms with Crippen molar-refractivity contribution < 1.29 is 17.4 Å². The quantitative estimate of drug-likeness (QED) is 0.814. The summed E-state index contributed by atoms with van der Waals surface area (Å²) in [5.41, 5.74) is 1.27. The van der Waals surface area contributed by atoms with Crippen LogP contribution in [0.15, 0.2) is 48.5 Å². The van der Waals surface area contributed by atoms with E-state index in [1.165, 1.54) is 18.2 Å². The smallest absolute Gasteiger partial charge is 0.259 e. The highest BCUT2D eigenvalue weighted by molar-refractivity contribution is 7.83. The Morgan fingerprint density at radius 3 is 2.05 bits per heavy atom. The summed E-state index contributed by atoms with van der Waals surface area (Å²) in [6, 6.07) is 12.8. The van der Waals surface area contributed by atoms with Crippen molar-refractivity contribution in [2.45, 2.75) is 24.6 Å². The third-order valence-corrected chi connectivity index (χ3v) is 4.48. The summed E-state index contributed by atoms with van der Waals surface area (Å²) in [6.07, 6.45) is -4.41. The van der Waals surface area contributed by atoms with Gasteiger partial charge in [0.25, 0.3) is 0 Å². The van der Waals surface area contributed by atoms with Crippen molar-refractivity contribution in [3.05, 3.63) is 70.8 Å². The second kappa shape index (κ2) is 6.43. The summed E-state index contributed by atoms with van der Waals surface area (Å²) in [4.78, 5) is 0. The topological polar surface area (TPSA) is 17.1 Å². The SMILES string of the molecule is Cc1ccccc1C[S@](=O)Cc1ccccc1C(F)(F)F. The van der Waals surface area contributed by atoms with Crippen LogP contribution in [-0.4, -0.2) is 4.21 Å². The Labute approximate surface area is 124 Å². The lowest BCUT2D eigenvalue weighted by Gasteiger charge is -2.12. The van der Waals surface area contributed by atoms with E-state index in [2.05, 4.69) is 0 Å². The number of aryl methyl sites for hydroxylation is 1. The predicted octanol–water partition coefficient (Wildman–Crippen LogP) is 4.46. The Balaban J connectivity index is 2.16. The number of alkyl halides is 3. The molecule has 0 aliphatic rings. The van der Waals surface area contributed by atoms with Gasteiger partial charge in [0, 0.05) is 22.3 Å². The van der Waals surface area contributed by atoms with Gasteiger partial charge in [-0.3, -0.25) is 4.21 Å². The molecule has 0 heterocycles. The third-order valence-electron chi connectivity index (χ3n) is 3.22. The highest BCUT2D eigenvalue weighted by Gasteiger charge is 2.33. The molecule has 1 atom stereocenters. The van der Waals surface area contributed by atoms with Crippen LogP contribution in [-0.2, 0) is 28.5 Å². The van der Waals surface area contributed by atoms with Crippen molar-refractivity contribution >= 4 is 10.8 Å². The first kappa shape index (κ1) is 15.8. The fraction of sp³-hybridized carbons (Fsp3) is 0.250. The Morgan fingerprint density at radius 2 is 1.43 bits per heavy atom. The number of benzene rings is 2. The van der Waals surface area contributed by atoms with Crippen molar-refractivity contribution in [3.8, 4) is 0 Å². The maximum absolute atomic E-state index is 12.9. The molecule has 0 fully saturated rings. The van der Waals surface area contributed by atoms with Gasteiger partial charge in [-0.25, -0.2) is 0 Å². The van der Waals surface area contributed by atoms with Crippen LogP contribution in [0.25, 0.3) is 0 Å². The molecule has 0 aromatic heterocycles. The first-order valence-corrected chi connectivity index (χ1v) is 7.91. The summed E-state index contributed by atoms with van der Waals surface area (Å²) in [7, 11) is -1.38. The molecule has 5 heteroatoms. The third kappa shape index (κ3) is 4.17. The van der Waals surface area contributed by atoms with E-state index in [-0.39, 0.29) is 17.1 Å². The van der Waals surface area contributed by atoms with Crippen molar-refractivity contribution in [3.63, 3.8) is 0 Å². The molecule has 0 unspecified atom stereocenters. The summed E-state index contributed by atoms with van der Waals surface area (Å²) in [5, 5.41) is 0. The molecule has 0 N–H and O–H groups in total. The van der Waals surface area contributed by atoms with Crippen LogP contribution >= 0.6 is 0 Å².